The number of amides is 2. The molecule has 47 heavy (non-hydrogen) atoms. The number of hydrogen-bond donors (Lipinski definition) is 2. The van der Waals surface area contributed by atoms with Gasteiger partial charge in [-0.25, -0.2) is 8.42 Å². The predicted molar refractivity (Wildman–Crippen MR) is 166 cm³/mol. The van der Waals surface area contributed by atoms with Gasteiger partial charge in [0.15, 0.2) is 6.61 Å². The number of carbonyl (C=O) groups excluding carboxylic acids is 3. The summed E-state index contributed by atoms with van der Waals surface area (Å²) < 4.78 is 79.7. The van der Waals surface area contributed by atoms with Gasteiger partial charge in [0.05, 0.1) is 47.5 Å². The topological polar surface area (TPSA) is 134 Å². The van der Waals surface area contributed by atoms with Gasteiger partial charge in [0.1, 0.15) is 0 Å². The van der Waals surface area contributed by atoms with Crippen LogP contribution in [0.1, 0.15) is 36.1 Å². The largest absolute Gasteiger partial charge is 0.456 e. The number of nitrogens with one attached hydrogen (secondary N) is 2. The van der Waals surface area contributed by atoms with Crippen LogP contribution in [-0.2, 0) is 46.5 Å². The lowest BCUT2D eigenvalue weighted by Gasteiger charge is -2.36. The summed E-state index contributed by atoms with van der Waals surface area (Å²) in [6, 6.07) is 14.8. The normalized spacial score (nSPS) is 17.0. The zero-order valence-corrected chi connectivity index (χ0v) is 26.2. The van der Waals surface area contributed by atoms with Crippen molar-refractivity contribution in [2.24, 2.45) is 0 Å². The molecule has 2 heterocycles. The van der Waals surface area contributed by atoms with Gasteiger partial charge < -0.3 is 25.0 Å². The average molecular weight is 675 g/mol. The number of hydrogen-bond acceptors (Lipinski definition) is 8. The fourth-order valence-corrected chi connectivity index (χ4v) is 7.22. The highest BCUT2D eigenvalue weighted by atomic mass is 32.2. The number of nitrogens with zero attached hydrogens (tertiary/aromatic N) is 2. The molecule has 0 bridgehead atoms. The highest BCUT2D eigenvalue weighted by Gasteiger charge is 2.38. The number of sulfonamides is 1. The molecule has 2 aliphatic heterocycles. The molecule has 5 rings (SSSR count). The summed E-state index contributed by atoms with van der Waals surface area (Å²) in [5.74, 6) is -2.05. The molecular weight excluding hydrogens is 641 g/mol. The number of halogens is 3. The predicted octanol–water partition coefficient (Wildman–Crippen LogP) is 4.36. The van der Waals surface area contributed by atoms with E-state index in [4.69, 9.17) is 9.47 Å². The fourth-order valence-electron chi connectivity index (χ4n) is 5.62. The highest BCUT2D eigenvalue weighted by molar-refractivity contribution is 7.89. The molecule has 1 saturated heterocycles. The summed E-state index contributed by atoms with van der Waals surface area (Å²) in [5.41, 5.74) is 1.20. The summed E-state index contributed by atoms with van der Waals surface area (Å²) in [5, 5.41) is 5.01. The van der Waals surface area contributed by atoms with Crippen molar-refractivity contribution in [3.63, 3.8) is 0 Å². The van der Waals surface area contributed by atoms with E-state index in [1.807, 2.05) is 12.1 Å². The second-order valence-corrected chi connectivity index (χ2v) is 12.9. The van der Waals surface area contributed by atoms with Gasteiger partial charge in [-0.15, -0.1) is 0 Å². The number of esters is 1. The number of ether oxygens (including phenoxy) is 2. The summed E-state index contributed by atoms with van der Waals surface area (Å²) in [6.07, 6.45) is -4.67. The van der Waals surface area contributed by atoms with Crippen molar-refractivity contribution in [2.75, 3.05) is 55.0 Å². The van der Waals surface area contributed by atoms with Crippen LogP contribution in [-0.4, -0.2) is 70.0 Å². The van der Waals surface area contributed by atoms with Crippen LogP contribution in [0.4, 0.5) is 30.2 Å². The van der Waals surface area contributed by atoms with E-state index in [1.165, 1.54) is 41.6 Å². The second-order valence-electron chi connectivity index (χ2n) is 11.0. The van der Waals surface area contributed by atoms with Crippen LogP contribution in [0.15, 0.2) is 71.6 Å². The number of benzene rings is 3. The number of rotatable bonds is 9. The fraction of sp³-hybridized carbons (Fsp3) is 0.344. The number of morpholine rings is 1. The first kappa shape index (κ1) is 33.9. The van der Waals surface area contributed by atoms with Gasteiger partial charge in [-0.2, -0.15) is 17.5 Å². The minimum absolute atomic E-state index is 0.0408. The molecule has 2 N–H and O–H groups in total. The monoisotopic (exact) mass is 674 g/mol. The van der Waals surface area contributed by atoms with Crippen LogP contribution in [0.3, 0.4) is 0 Å². The Morgan fingerprint density at radius 1 is 0.957 bits per heavy atom. The van der Waals surface area contributed by atoms with E-state index in [9.17, 15) is 36.0 Å². The Bertz CT molecular complexity index is 1740. The summed E-state index contributed by atoms with van der Waals surface area (Å²) in [4.78, 5) is 39.1. The molecule has 1 unspecified atom stereocenters. The summed E-state index contributed by atoms with van der Waals surface area (Å²) >= 11 is 0. The summed E-state index contributed by atoms with van der Waals surface area (Å²) in [6.45, 7) is 2.15. The van der Waals surface area contributed by atoms with Crippen LogP contribution < -0.4 is 15.5 Å². The van der Waals surface area contributed by atoms with E-state index >= 15 is 0 Å². The molecule has 15 heteroatoms. The quantitative estimate of drug-likeness (QED) is 0.320. The maximum atomic E-state index is 13.8. The van der Waals surface area contributed by atoms with E-state index in [0.717, 1.165) is 17.7 Å². The number of anilines is 3. The van der Waals surface area contributed by atoms with Crippen molar-refractivity contribution in [3.05, 3.63) is 83.4 Å². The minimum atomic E-state index is -4.65. The van der Waals surface area contributed by atoms with Gasteiger partial charge in [0.2, 0.25) is 15.9 Å². The van der Waals surface area contributed by atoms with E-state index in [1.54, 1.807) is 17.0 Å². The van der Waals surface area contributed by atoms with Crippen molar-refractivity contribution < 1.29 is 45.4 Å². The van der Waals surface area contributed by atoms with Crippen LogP contribution in [0.2, 0.25) is 0 Å². The lowest BCUT2D eigenvalue weighted by Crippen LogP contribution is -2.41. The average Bonchev–Trinajstić information content (AvgIpc) is 3.04. The molecule has 1 atom stereocenters. The lowest BCUT2D eigenvalue weighted by atomic mass is 9.92. The first-order valence-corrected chi connectivity index (χ1v) is 16.2. The molecular formula is C32H33F3N4O7S. The van der Waals surface area contributed by atoms with Crippen molar-refractivity contribution in [1.82, 2.24) is 4.31 Å². The Morgan fingerprint density at radius 2 is 1.66 bits per heavy atom. The van der Waals surface area contributed by atoms with Crippen LogP contribution in [0, 0.1) is 0 Å². The van der Waals surface area contributed by atoms with Crippen molar-refractivity contribution in [2.45, 2.75) is 36.9 Å². The van der Waals surface area contributed by atoms with Gasteiger partial charge in [-0.05, 0) is 60.0 Å². The second kappa shape index (κ2) is 14.1. The van der Waals surface area contributed by atoms with Gasteiger partial charge in [-0.1, -0.05) is 24.3 Å². The minimum Gasteiger partial charge on any atom is -0.456 e. The molecule has 0 radical (unpaired) electrons. The molecule has 0 aromatic heterocycles. The molecule has 2 aliphatic rings. The standard InChI is InChI=1S/C32H33F3N4O7S/c1-21(40)36-24-7-9-25(10-8-24)47(43,44)39-13-12-22-4-2-3-5-26(22)29(39)19-31(42)46-20-30(41)37-27-18-23(32(33,34)35)6-11-28(27)38-14-16-45-17-15-38/h2-11,18,29H,12-17,19-20H2,1H3,(H,36,40)(H,37,41). The zero-order valence-electron chi connectivity index (χ0n) is 25.4. The molecule has 1 fully saturated rings. The van der Waals surface area contributed by atoms with E-state index < -0.39 is 52.7 Å². The van der Waals surface area contributed by atoms with Crippen LogP contribution in [0.5, 0.6) is 0 Å². The number of alkyl halides is 3. The third-order valence-electron chi connectivity index (χ3n) is 7.82. The molecule has 0 aliphatic carbocycles. The van der Waals surface area contributed by atoms with Crippen LogP contribution >= 0.6 is 0 Å². The smallest absolute Gasteiger partial charge is 0.416 e. The third-order valence-corrected chi connectivity index (χ3v) is 9.74. The van der Waals surface area contributed by atoms with E-state index in [2.05, 4.69) is 10.6 Å². The van der Waals surface area contributed by atoms with Gasteiger partial charge in [0.25, 0.3) is 5.91 Å². The molecule has 3 aromatic carbocycles. The Labute approximate surface area is 269 Å². The zero-order chi connectivity index (χ0) is 33.8. The molecule has 0 spiro atoms. The third kappa shape index (κ3) is 8.10. The maximum Gasteiger partial charge on any atom is 0.416 e. The van der Waals surface area contributed by atoms with Gasteiger partial charge in [-0.3, -0.25) is 14.4 Å². The van der Waals surface area contributed by atoms with Crippen LogP contribution in [0.25, 0.3) is 0 Å². The summed E-state index contributed by atoms with van der Waals surface area (Å²) in [7, 11) is -4.12. The molecule has 3 aromatic rings. The maximum absolute atomic E-state index is 13.8. The Morgan fingerprint density at radius 3 is 2.34 bits per heavy atom. The Kier molecular flexibility index (Phi) is 10.2. The first-order chi connectivity index (χ1) is 22.3. The molecule has 2 amide bonds. The molecule has 0 saturated carbocycles. The van der Waals surface area contributed by atoms with Crippen molar-refractivity contribution in [1.29, 1.82) is 0 Å². The first-order valence-electron chi connectivity index (χ1n) is 14.8. The number of fused-ring (bicyclic) bond motifs is 1. The van der Waals surface area contributed by atoms with Gasteiger partial charge in [0, 0.05) is 32.2 Å². The van der Waals surface area contributed by atoms with E-state index in [0.29, 0.717) is 49.7 Å². The van der Waals surface area contributed by atoms with E-state index in [-0.39, 0.29) is 23.0 Å². The Balaban J connectivity index is 1.31. The SMILES string of the molecule is CC(=O)Nc1ccc(S(=O)(=O)N2CCc3ccccc3C2CC(=O)OCC(=O)Nc2cc(C(F)(F)F)ccc2N2CCOCC2)cc1. The highest BCUT2D eigenvalue weighted by Crippen LogP contribution is 2.38. The molecule has 250 valence electrons. The lowest BCUT2D eigenvalue weighted by molar-refractivity contribution is -0.148. The van der Waals surface area contributed by atoms with Gasteiger partial charge >= 0.3 is 12.1 Å². The van der Waals surface area contributed by atoms with Crippen molar-refractivity contribution >= 4 is 44.9 Å². The molecule has 11 nitrogen and oxygen atoms in total. The van der Waals surface area contributed by atoms with Crippen molar-refractivity contribution in [3.8, 4) is 0 Å². The Hall–Kier alpha value is -4.47. The number of carbonyl (C=O) groups is 3.